The van der Waals surface area contributed by atoms with Crippen molar-refractivity contribution in [1.82, 2.24) is 30.1 Å². The quantitative estimate of drug-likeness (QED) is 0.431. The van der Waals surface area contributed by atoms with E-state index in [1.54, 1.807) is 11.2 Å². The van der Waals surface area contributed by atoms with Crippen LogP contribution in [0.1, 0.15) is 32.0 Å². The number of anilines is 3. The zero-order valence-electron chi connectivity index (χ0n) is 17.1. The standard InChI is InChI=1S/C20H22ClFN8/c1-20(2,3)14-7-15(29-28-14)26-18-12(22)8-23-19(27-18)30(4)9-11-5-6-13-17(16(11)21)25-10-24-13/h5-8,10H,9H2,1-4H3,(H,24,25)(H2,23,26,27,28,29). The molecule has 3 heterocycles. The van der Waals surface area contributed by atoms with Gasteiger partial charge in [0.1, 0.15) is 5.52 Å². The molecule has 0 atom stereocenters. The summed E-state index contributed by atoms with van der Waals surface area (Å²) in [7, 11) is 1.81. The van der Waals surface area contributed by atoms with Crippen LogP contribution < -0.4 is 10.2 Å². The number of H-pyrrole nitrogens is 2. The first-order valence-electron chi connectivity index (χ1n) is 9.39. The summed E-state index contributed by atoms with van der Waals surface area (Å²) >= 11 is 6.48. The Balaban J connectivity index is 1.56. The number of imidazole rings is 1. The highest BCUT2D eigenvalue weighted by Crippen LogP contribution is 2.27. The highest BCUT2D eigenvalue weighted by Gasteiger charge is 2.18. The molecule has 30 heavy (non-hydrogen) atoms. The van der Waals surface area contributed by atoms with Gasteiger partial charge >= 0.3 is 0 Å². The van der Waals surface area contributed by atoms with Crippen molar-refractivity contribution >= 4 is 40.2 Å². The van der Waals surface area contributed by atoms with Crippen molar-refractivity contribution < 1.29 is 4.39 Å². The molecule has 4 aromatic rings. The molecule has 156 valence electrons. The van der Waals surface area contributed by atoms with E-state index in [1.165, 1.54) is 0 Å². The second kappa shape index (κ2) is 7.56. The summed E-state index contributed by atoms with van der Waals surface area (Å²) in [5.74, 6) is 0.318. The minimum atomic E-state index is -0.566. The number of fused-ring (bicyclic) bond motifs is 1. The largest absolute Gasteiger partial charge is 0.345 e. The van der Waals surface area contributed by atoms with E-state index < -0.39 is 5.82 Å². The van der Waals surface area contributed by atoms with Crippen LogP contribution in [-0.2, 0) is 12.0 Å². The number of benzene rings is 1. The fraction of sp³-hybridized carbons (Fsp3) is 0.300. The molecule has 0 saturated heterocycles. The molecule has 0 amide bonds. The third kappa shape index (κ3) is 3.93. The maximum atomic E-state index is 14.3. The van der Waals surface area contributed by atoms with Gasteiger partial charge in [-0.2, -0.15) is 10.1 Å². The minimum absolute atomic E-state index is 0.0488. The Morgan fingerprint density at radius 1 is 1.23 bits per heavy atom. The van der Waals surface area contributed by atoms with Gasteiger partial charge in [0.2, 0.25) is 5.95 Å². The zero-order chi connectivity index (χ0) is 21.5. The molecule has 0 aliphatic carbocycles. The van der Waals surface area contributed by atoms with Crippen LogP contribution >= 0.6 is 11.6 Å². The molecular formula is C20H22ClFN8. The van der Waals surface area contributed by atoms with Crippen LogP contribution in [0.15, 0.2) is 30.7 Å². The van der Waals surface area contributed by atoms with Gasteiger partial charge < -0.3 is 15.2 Å². The Labute approximate surface area is 177 Å². The summed E-state index contributed by atoms with van der Waals surface area (Å²) in [4.78, 5) is 17.5. The van der Waals surface area contributed by atoms with Crippen LogP contribution in [0.25, 0.3) is 11.0 Å². The number of halogens is 2. The van der Waals surface area contributed by atoms with Crippen LogP contribution in [0, 0.1) is 5.82 Å². The maximum Gasteiger partial charge on any atom is 0.227 e. The maximum absolute atomic E-state index is 14.3. The molecule has 0 radical (unpaired) electrons. The number of aromatic nitrogens is 6. The third-order valence-corrected chi connectivity index (χ3v) is 5.14. The first-order chi connectivity index (χ1) is 14.2. The number of hydrogen-bond donors (Lipinski definition) is 3. The van der Waals surface area contributed by atoms with E-state index >= 15 is 0 Å². The van der Waals surface area contributed by atoms with E-state index in [0.29, 0.717) is 28.9 Å². The Kier molecular flexibility index (Phi) is 5.07. The fourth-order valence-corrected chi connectivity index (χ4v) is 3.26. The average molecular weight is 429 g/mol. The number of rotatable bonds is 5. The SMILES string of the molecule is CN(Cc1ccc2[nH]cnc2c1Cl)c1ncc(F)c(Nc2cc(C(C)(C)C)[nH]n2)n1. The van der Waals surface area contributed by atoms with E-state index in [1.807, 2.05) is 25.2 Å². The summed E-state index contributed by atoms with van der Waals surface area (Å²) in [6, 6.07) is 5.67. The lowest BCUT2D eigenvalue weighted by molar-refractivity contribution is 0.567. The van der Waals surface area contributed by atoms with Crippen LogP contribution in [0.5, 0.6) is 0 Å². The van der Waals surface area contributed by atoms with E-state index in [9.17, 15) is 4.39 Å². The van der Waals surface area contributed by atoms with Gasteiger partial charge in [-0.05, 0) is 11.6 Å². The molecule has 8 nitrogen and oxygen atoms in total. The molecule has 0 spiro atoms. The lowest BCUT2D eigenvalue weighted by atomic mass is 9.92. The molecule has 4 rings (SSSR count). The van der Waals surface area contributed by atoms with Crippen LogP contribution in [0.2, 0.25) is 5.02 Å². The molecule has 0 saturated carbocycles. The first-order valence-corrected chi connectivity index (χ1v) is 9.77. The Hall–Kier alpha value is -3.20. The van der Waals surface area contributed by atoms with Crippen molar-refractivity contribution in [2.75, 3.05) is 17.3 Å². The van der Waals surface area contributed by atoms with E-state index in [0.717, 1.165) is 23.0 Å². The highest BCUT2D eigenvalue weighted by atomic mass is 35.5. The van der Waals surface area contributed by atoms with Crippen molar-refractivity contribution in [2.24, 2.45) is 0 Å². The number of nitrogens with zero attached hydrogens (tertiary/aromatic N) is 5. The van der Waals surface area contributed by atoms with Crippen molar-refractivity contribution in [3.8, 4) is 0 Å². The van der Waals surface area contributed by atoms with Crippen molar-refractivity contribution in [3.63, 3.8) is 0 Å². The smallest absolute Gasteiger partial charge is 0.227 e. The van der Waals surface area contributed by atoms with Gasteiger partial charge in [0.15, 0.2) is 17.5 Å². The predicted molar refractivity (Wildman–Crippen MR) is 116 cm³/mol. The van der Waals surface area contributed by atoms with Crippen molar-refractivity contribution in [3.05, 3.63) is 52.8 Å². The minimum Gasteiger partial charge on any atom is -0.345 e. The fourth-order valence-electron chi connectivity index (χ4n) is 2.98. The topological polar surface area (TPSA) is 98.4 Å². The zero-order valence-corrected chi connectivity index (χ0v) is 17.8. The molecule has 10 heteroatoms. The number of aromatic amines is 2. The molecule has 0 bridgehead atoms. The van der Waals surface area contributed by atoms with Gasteiger partial charge in [-0.1, -0.05) is 38.4 Å². The monoisotopic (exact) mass is 428 g/mol. The van der Waals surface area contributed by atoms with Gasteiger partial charge in [0, 0.05) is 30.8 Å². The lowest BCUT2D eigenvalue weighted by Gasteiger charge is -2.18. The second-order valence-corrected chi connectivity index (χ2v) is 8.48. The molecule has 1 aromatic carbocycles. The van der Waals surface area contributed by atoms with E-state index in [4.69, 9.17) is 11.6 Å². The average Bonchev–Trinajstić information content (AvgIpc) is 3.35. The summed E-state index contributed by atoms with van der Waals surface area (Å²) in [6.07, 6.45) is 2.74. The molecule has 0 unspecified atom stereocenters. The Morgan fingerprint density at radius 3 is 2.77 bits per heavy atom. The normalized spacial score (nSPS) is 11.8. The molecule has 0 aliphatic rings. The van der Waals surface area contributed by atoms with Gasteiger partial charge in [0.25, 0.3) is 0 Å². The summed E-state index contributed by atoms with van der Waals surface area (Å²) < 4.78 is 14.3. The number of nitrogens with one attached hydrogen (secondary N) is 3. The second-order valence-electron chi connectivity index (χ2n) is 8.10. The lowest BCUT2D eigenvalue weighted by Crippen LogP contribution is -2.20. The van der Waals surface area contributed by atoms with Crippen LogP contribution in [-0.4, -0.2) is 37.2 Å². The Morgan fingerprint density at radius 2 is 2.03 bits per heavy atom. The number of hydrogen-bond acceptors (Lipinski definition) is 6. The van der Waals surface area contributed by atoms with Crippen molar-refractivity contribution in [2.45, 2.75) is 32.7 Å². The van der Waals surface area contributed by atoms with Crippen molar-refractivity contribution in [1.29, 1.82) is 0 Å². The van der Waals surface area contributed by atoms with Crippen LogP contribution in [0.3, 0.4) is 0 Å². The third-order valence-electron chi connectivity index (χ3n) is 4.72. The van der Waals surface area contributed by atoms with Gasteiger partial charge in [-0.15, -0.1) is 0 Å². The Bertz CT molecular complexity index is 1190. The molecule has 3 aromatic heterocycles. The van der Waals surface area contributed by atoms with Gasteiger partial charge in [0.05, 0.1) is 23.1 Å². The highest BCUT2D eigenvalue weighted by molar-refractivity contribution is 6.35. The summed E-state index contributed by atoms with van der Waals surface area (Å²) in [5.41, 5.74) is 3.27. The van der Waals surface area contributed by atoms with Gasteiger partial charge in [-0.3, -0.25) is 5.10 Å². The van der Waals surface area contributed by atoms with Crippen LogP contribution in [0.4, 0.5) is 22.0 Å². The molecular weight excluding hydrogens is 407 g/mol. The summed E-state index contributed by atoms with van der Waals surface area (Å²) in [5, 5.41) is 10.6. The summed E-state index contributed by atoms with van der Waals surface area (Å²) in [6.45, 7) is 6.62. The van der Waals surface area contributed by atoms with Gasteiger partial charge in [-0.25, -0.2) is 14.4 Å². The van der Waals surface area contributed by atoms with E-state index in [2.05, 4.69) is 56.2 Å². The van der Waals surface area contributed by atoms with E-state index in [-0.39, 0.29) is 11.2 Å². The molecule has 3 N–H and O–H groups in total. The predicted octanol–water partition coefficient (Wildman–Crippen LogP) is 4.55. The first kappa shape index (κ1) is 20.1. The molecule has 0 fully saturated rings. The molecule has 0 aliphatic heterocycles.